The number of ether oxygens (including phenoxy) is 2. The van der Waals surface area contributed by atoms with E-state index in [-0.39, 0.29) is 11.0 Å². The van der Waals surface area contributed by atoms with E-state index in [9.17, 15) is 8.42 Å². The van der Waals surface area contributed by atoms with E-state index in [1.54, 1.807) is 41.0 Å². The molecule has 8 heteroatoms. The minimum absolute atomic E-state index is 0.231. The van der Waals surface area contributed by atoms with E-state index in [1.807, 2.05) is 19.1 Å². The van der Waals surface area contributed by atoms with Crippen molar-refractivity contribution >= 4 is 10.0 Å². The fourth-order valence-electron chi connectivity index (χ4n) is 4.49. The van der Waals surface area contributed by atoms with Crippen molar-refractivity contribution in [2.45, 2.75) is 49.6 Å². The second-order valence-electron chi connectivity index (χ2n) is 8.05. The van der Waals surface area contributed by atoms with Crippen LogP contribution in [0.25, 0.3) is 0 Å². The lowest BCUT2D eigenvalue weighted by molar-refractivity contribution is 0.0585. The molecule has 168 valence electrons. The smallest absolute Gasteiger partial charge is 0.246 e. The standard InChI is InChI=1S/C23H31N3O4S/c1-2-29-22-5-3-4-6-23(22)31(27,28)26-17-9-19(10-18-26)25-15-11-21(12-16-25)30-20-7-13-24-14-8-20/h3-8,13-14,19,21H,2,9-12,15-18H2,1H3. The first-order valence-corrected chi connectivity index (χ1v) is 12.5. The van der Waals surface area contributed by atoms with Gasteiger partial charge in [-0.3, -0.25) is 4.98 Å². The molecule has 1 aromatic heterocycles. The Morgan fingerprint density at radius 2 is 1.65 bits per heavy atom. The molecule has 0 saturated carbocycles. The van der Waals surface area contributed by atoms with Gasteiger partial charge in [0.2, 0.25) is 10.0 Å². The van der Waals surface area contributed by atoms with Crippen LogP contribution in [-0.2, 0) is 10.0 Å². The third-order valence-corrected chi connectivity index (χ3v) is 8.07. The molecule has 0 aliphatic carbocycles. The maximum atomic E-state index is 13.2. The summed E-state index contributed by atoms with van der Waals surface area (Å²) in [6, 6.07) is 11.1. The number of nitrogens with zero attached hydrogens (tertiary/aromatic N) is 3. The number of pyridine rings is 1. The lowest BCUT2D eigenvalue weighted by atomic mass is 10.00. The van der Waals surface area contributed by atoms with Gasteiger partial charge in [0, 0.05) is 44.6 Å². The zero-order chi connectivity index (χ0) is 21.7. The van der Waals surface area contributed by atoms with Crippen LogP contribution in [0.2, 0.25) is 0 Å². The molecule has 0 unspecified atom stereocenters. The van der Waals surface area contributed by atoms with E-state index in [4.69, 9.17) is 9.47 Å². The van der Waals surface area contributed by atoms with Gasteiger partial charge in [-0.2, -0.15) is 4.31 Å². The highest BCUT2D eigenvalue weighted by molar-refractivity contribution is 7.89. The third-order valence-electron chi connectivity index (χ3n) is 6.14. The van der Waals surface area contributed by atoms with Crippen molar-refractivity contribution in [1.29, 1.82) is 0 Å². The summed E-state index contributed by atoms with van der Waals surface area (Å²) in [5, 5.41) is 0. The molecule has 4 rings (SSSR count). The van der Waals surface area contributed by atoms with Crippen LogP contribution in [0.15, 0.2) is 53.7 Å². The van der Waals surface area contributed by atoms with Gasteiger partial charge in [-0.25, -0.2) is 8.42 Å². The summed E-state index contributed by atoms with van der Waals surface area (Å²) >= 11 is 0. The summed E-state index contributed by atoms with van der Waals surface area (Å²) in [5.41, 5.74) is 0. The molecule has 2 aromatic rings. The van der Waals surface area contributed by atoms with E-state index < -0.39 is 10.0 Å². The van der Waals surface area contributed by atoms with Gasteiger partial charge in [0.05, 0.1) is 6.61 Å². The Kier molecular flexibility index (Phi) is 7.09. The lowest BCUT2D eigenvalue weighted by Gasteiger charge is -2.41. The van der Waals surface area contributed by atoms with Crippen LogP contribution in [0.5, 0.6) is 11.5 Å². The van der Waals surface area contributed by atoms with Gasteiger partial charge in [0.15, 0.2) is 0 Å². The molecule has 2 fully saturated rings. The summed E-state index contributed by atoms with van der Waals surface area (Å²) < 4.78 is 39.6. The van der Waals surface area contributed by atoms with Gasteiger partial charge in [0.1, 0.15) is 22.5 Å². The molecule has 2 aliphatic rings. The molecule has 0 spiro atoms. The van der Waals surface area contributed by atoms with Crippen LogP contribution in [0, 0.1) is 0 Å². The number of aromatic nitrogens is 1. The van der Waals surface area contributed by atoms with Crippen LogP contribution < -0.4 is 9.47 Å². The number of hydrogen-bond donors (Lipinski definition) is 0. The molecule has 0 N–H and O–H groups in total. The zero-order valence-electron chi connectivity index (χ0n) is 18.0. The molecule has 2 saturated heterocycles. The van der Waals surface area contributed by atoms with Crippen LogP contribution in [0.4, 0.5) is 0 Å². The third kappa shape index (κ3) is 5.19. The number of benzene rings is 1. The van der Waals surface area contributed by atoms with E-state index in [1.165, 1.54) is 0 Å². The first-order valence-electron chi connectivity index (χ1n) is 11.1. The summed E-state index contributed by atoms with van der Waals surface area (Å²) in [7, 11) is -3.55. The molecular weight excluding hydrogens is 414 g/mol. The molecule has 3 heterocycles. The Morgan fingerprint density at radius 1 is 0.968 bits per heavy atom. The molecule has 31 heavy (non-hydrogen) atoms. The van der Waals surface area contributed by atoms with E-state index in [0.717, 1.165) is 44.5 Å². The maximum Gasteiger partial charge on any atom is 0.246 e. The van der Waals surface area contributed by atoms with E-state index >= 15 is 0 Å². The van der Waals surface area contributed by atoms with Gasteiger partial charge >= 0.3 is 0 Å². The molecule has 0 radical (unpaired) electrons. The lowest BCUT2D eigenvalue weighted by Crippen LogP contribution is -2.50. The number of likely N-dealkylation sites (tertiary alicyclic amines) is 1. The number of rotatable bonds is 7. The predicted molar refractivity (Wildman–Crippen MR) is 119 cm³/mol. The first-order chi connectivity index (χ1) is 15.1. The Labute approximate surface area is 185 Å². The molecule has 7 nitrogen and oxygen atoms in total. The van der Waals surface area contributed by atoms with Gasteiger partial charge in [0.25, 0.3) is 0 Å². The van der Waals surface area contributed by atoms with Crippen LogP contribution >= 0.6 is 0 Å². The van der Waals surface area contributed by atoms with E-state index in [2.05, 4.69) is 9.88 Å². The van der Waals surface area contributed by atoms with Gasteiger partial charge in [-0.1, -0.05) is 12.1 Å². The Hall–Kier alpha value is -2.16. The van der Waals surface area contributed by atoms with Crippen LogP contribution in [0.3, 0.4) is 0 Å². The Morgan fingerprint density at radius 3 is 2.32 bits per heavy atom. The van der Waals surface area contributed by atoms with Crippen molar-refractivity contribution in [2.24, 2.45) is 0 Å². The van der Waals surface area contributed by atoms with Crippen molar-refractivity contribution in [3.05, 3.63) is 48.8 Å². The molecular formula is C23H31N3O4S. The quantitative estimate of drug-likeness (QED) is 0.652. The summed E-state index contributed by atoms with van der Waals surface area (Å²) in [6.45, 7) is 5.36. The topological polar surface area (TPSA) is 72.0 Å². The minimum atomic E-state index is -3.55. The fraction of sp³-hybridized carbons (Fsp3) is 0.522. The second-order valence-corrected chi connectivity index (χ2v) is 9.96. The second kappa shape index (κ2) is 9.97. The van der Waals surface area contributed by atoms with Crippen molar-refractivity contribution in [3.8, 4) is 11.5 Å². The largest absolute Gasteiger partial charge is 0.492 e. The normalized spacial score (nSPS) is 19.9. The highest BCUT2D eigenvalue weighted by atomic mass is 32.2. The molecule has 0 amide bonds. The average Bonchev–Trinajstić information content (AvgIpc) is 2.81. The number of hydrogen-bond acceptors (Lipinski definition) is 6. The Balaban J connectivity index is 1.30. The first kappa shape index (κ1) is 22.0. The summed E-state index contributed by atoms with van der Waals surface area (Å²) in [5.74, 6) is 1.31. The highest BCUT2D eigenvalue weighted by Gasteiger charge is 2.34. The highest BCUT2D eigenvalue weighted by Crippen LogP contribution is 2.30. The predicted octanol–water partition coefficient (Wildman–Crippen LogP) is 3.18. The molecule has 0 bridgehead atoms. The minimum Gasteiger partial charge on any atom is -0.492 e. The summed E-state index contributed by atoms with van der Waals surface area (Å²) in [6.07, 6.45) is 7.41. The van der Waals surface area contributed by atoms with Gasteiger partial charge in [-0.15, -0.1) is 0 Å². The number of para-hydroxylation sites is 1. The number of piperidine rings is 2. The SMILES string of the molecule is CCOc1ccccc1S(=O)(=O)N1CCC(N2CCC(Oc3ccncc3)CC2)CC1. The average molecular weight is 446 g/mol. The maximum absolute atomic E-state index is 13.2. The van der Waals surface area contributed by atoms with Crippen LogP contribution in [0.1, 0.15) is 32.6 Å². The van der Waals surface area contributed by atoms with Gasteiger partial charge < -0.3 is 14.4 Å². The van der Waals surface area contributed by atoms with Crippen LogP contribution in [-0.4, -0.2) is 67.5 Å². The molecule has 0 atom stereocenters. The number of sulfonamides is 1. The van der Waals surface area contributed by atoms with Crippen molar-refractivity contribution < 1.29 is 17.9 Å². The monoisotopic (exact) mass is 445 g/mol. The fourth-order valence-corrected chi connectivity index (χ4v) is 6.09. The molecule has 1 aromatic carbocycles. The van der Waals surface area contributed by atoms with Crippen molar-refractivity contribution in [3.63, 3.8) is 0 Å². The summed E-state index contributed by atoms with van der Waals surface area (Å²) in [4.78, 5) is 6.80. The Bertz CT molecular complexity index is 938. The molecule has 2 aliphatic heterocycles. The zero-order valence-corrected chi connectivity index (χ0v) is 18.8. The van der Waals surface area contributed by atoms with Crippen molar-refractivity contribution in [2.75, 3.05) is 32.8 Å². The van der Waals surface area contributed by atoms with Crippen molar-refractivity contribution in [1.82, 2.24) is 14.2 Å². The van der Waals surface area contributed by atoms with Gasteiger partial charge in [-0.05, 0) is 56.9 Å². The van der Waals surface area contributed by atoms with E-state index in [0.29, 0.717) is 31.5 Å².